The lowest BCUT2D eigenvalue weighted by Gasteiger charge is -2.41. The van der Waals surface area contributed by atoms with Gasteiger partial charge in [-0.25, -0.2) is 4.79 Å². The number of amides is 2. The molecule has 0 bridgehead atoms. The Morgan fingerprint density at radius 2 is 1.92 bits per heavy atom. The molecule has 0 saturated heterocycles. The molecular formula is C20H29N3O3. The summed E-state index contributed by atoms with van der Waals surface area (Å²) < 4.78 is 5.12. The molecule has 1 aliphatic carbocycles. The molecule has 0 aromatic heterocycles. The summed E-state index contributed by atoms with van der Waals surface area (Å²) in [4.78, 5) is 25.3. The van der Waals surface area contributed by atoms with Crippen molar-refractivity contribution in [2.75, 3.05) is 4.90 Å². The fourth-order valence-electron chi connectivity index (χ4n) is 4.32. The van der Waals surface area contributed by atoms with Crippen LogP contribution in [0.5, 0.6) is 0 Å². The van der Waals surface area contributed by atoms with E-state index >= 15 is 0 Å². The Kier molecular flexibility index (Phi) is 5.81. The smallest absolute Gasteiger partial charge is 0.404 e. The largest absolute Gasteiger partial charge is 0.446 e. The molecule has 0 unspecified atom stereocenters. The number of primary amides is 1. The van der Waals surface area contributed by atoms with Gasteiger partial charge < -0.3 is 20.7 Å². The molecule has 0 radical (unpaired) electrons. The molecule has 6 nitrogen and oxygen atoms in total. The second-order valence-electron chi connectivity index (χ2n) is 7.39. The van der Waals surface area contributed by atoms with Gasteiger partial charge >= 0.3 is 6.09 Å². The number of anilines is 1. The molecule has 0 spiro atoms. The molecule has 1 aromatic carbocycles. The molecular weight excluding hydrogens is 330 g/mol. The Labute approximate surface area is 155 Å². The maximum Gasteiger partial charge on any atom is 0.404 e. The van der Waals surface area contributed by atoms with Gasteiger partial charge in [-0.1, -0.05) is 25.1 Å². The third-order valence-electron chi connectivity index (χ3n) is 5.55. The maximum absolute atomic E-state index is 12.4. The van der Waals surface area contributed by atoms with Crippen LogP contribution in [0.3, 0.4) is 0 Å². The summed E-state index contributed by atoms with van der Waals surface area (Å²) in [5.41, 5.74) is 7.34. The van der Waals surface area contributed by atoms with Crippen molar-refractivity contribution in [3.05, 3.63) is 29.8 Å². The van der Waals surface area contributed by atoms with Gasteiger partial charge in [-0.3, -0.25) is 4.79 Å². The highest BCUT2D eigenvalue weighted by Crippen LogP contribution is 2.38. The molecule has 2 amide bonds. The first-order chi connectivity index (χ1) is 12.5. The number of fused-ring (bicyclic) bond motifs is 1. The van der Waals surface area contributed by atoms with E-state index in [1.165, 1.54) is 5.56 Å². The van der Waals surface area contributed by atoms with E-state index in [2.05, 4.69) is 18.3 Å². The predicted molar refractivity (Wildman–Crippen MR) is 101 cm³/mol. The van der Waals surface area contributed by atoms with Gasteiger partial charge in [-0.2, -0.15) is 0 Å². The quantitative estimate of drug-likeness (QED) is 0.864. The minimum Gasteiger partial charge on any atom is -0.446 e. The maximum atomic E-state index is 12.4. The Morgan fingerprint density at radius 3 is 2.58 bits per heavy atom. The van der Waals surface area contributed by atoms with Crippen LogP contribution in [0.2, 0.25) is 0 Å². The summed E-state index contributed by atoms with van der Waals surface area (Å²) in [6, 6.07) is 9.00. The van der Waals surface area contributed by atoms with Gasteiger partial charge in [0, 0.05) is 30.2 Å². The topological polar surface area (TPSA) is 84.7 Å². The lowest BCUT2D eigenvalue weighted by atomic mass is 9.88. The number of benzene rings is 1. The fourth-order valence-corrected chi connectivity index (χ4v) is 4.32. The molecule has 6 heteroatoms. The van der Waals surface area contributed by atoms with E-state index in [4.69, 9.17) is 10.5 Å². The second kappa shape index (κ2) is 8.08. The number of nitrogens with zero attached hydrogens (tertiary/aromatic N) is 1. The van der Waals surface area contributed by atoms with E-state index in [-0.39, 0.29) is 24.1 Å². The van der Waals surface area contributed by atoms with Crippen LogP contribution >= 0.6 is 0 Å². The SMILES string of the molecule is CCC(=O)N1c2ccccc2[C@H](NC2CCC(OC(N)=O)CC2)C[C@@H]1C. The van der Waals surface area contributed by atoms with E-state index in [9.17, 15) is 9.59 Å². The first-order valence-corrected chi connectivity index (χ1v) is 9.62. The number of para-hydroxylation sites is 1. The molecule has 2 atom stereocenters. The zero-order valence-corrected chi connectivity index (χ0v) is 15.6. The Hall–Kier alpha value is -2.08. The van der Waals surface area contributed by atoms with E-state index in [0.29, 0.717) is 12.5 Å². The molecule has 1 aromatic rings. The van der Waals surface area contributed by atoms with E-state index in [0.717, 1.165) is 37.8 Å². The molecule has 3 N–H and O–H groups in total. The molecule has 1 fully saturated rings. The predicted octanol–water partition coefficient (Wildman–Crippen LogP) is 3.26. The van der Waals surface area contributed by atoms with Crippen molar-refractivity contribution in [2.24, 2.45) is 5.73 Å². The van der Waals surface area contributed by atoms with Crippen molar-refractivity contribution in [3.63, 3.8) is 0 Å². The van der Waals surface area contributed by atoms with Crippen LogP contribution in [0, 0.1) is 0 Å². The molecule has 1 saturated carbocycles. The third-order valence-corrected chi connectivity index (χ3v) is 5.55. The highest BCUT2D eigenvalue weighted by Gasteiger charge is 2.34. The van der Waals surface area contributed by atoms with Gasteiger partial charge in [-0.05, 0) is 50.7 Å². The van der Waals surface area contributed by atoms with E-state index < -0.39 is 6.09 Å². The fraction of sp³-hybridized carbons (Fsp3) is 0.600. The standard InChI is InChI=1S/C20H29N3O3/c1-3-19(24)23-13(2)12-17(16-6-4-5-7-18(16)23)22-14-8-10-15(11-9-14)26-20(21)25/h4-7,13-15,17,22H,3,8-12H2,1-2H3,(H2,21,25)/t13-,14?,15?,17+/m0/s1. The Morgan fingerprint density at radius 1 is 1.23 bits per heavy atom. The van der Waals surface area contributed by atoms with Crippen LogP contribution in [0.1, 0.15) is 64.0 Å². The van der Waals surface area contributed by atoms with E-state index in [1.807, 2.05) is 30.0 Å². The molecule has 1 heterocycles. The van der Waals surface area contributed by atoms with Crippen molar-refractivity contribution >= 4 is 17.7 Å². The van der Waals surface area contributed by atoms with Crippen molar-refractivity contribution in [1.82, 2.24) is 5.32 Å². The van der Waals surface area contributed by atoms with E-state index in [1.54, 1.807) is 0 Å². The van der Waals surface area contributed by atoms with Crippen LogP contribution in [0.25, 0.3) is 0 Å². The molecule has 26 heavy (non-hydrogen) atoms. The number of hydrogen-bond acceptors (Lipinski definition) is 4. The first kappa shape index (κ1) is 18.7. The van der Waals surface area contributed by atoms with Crippen LogP contribution in [-0.2, 0) is 9.53 Å². The number of rotatable bonds is 4. The Balaban J connectivity index is 1.69. The highest BCUT2D eigenvalue weighted by atomic mass is 16.6. The van der Waals surface area contributed by atoms with Gasteiger partial charge in [0.25, 0.3) is 0 Å². The molecule has 2 aliphatic rings. The number of hydrogen-bond donors (Lipinski definition) is 2. The summed E-state index contributed by atoms with van der Waals surface area (Å²) in [5, 5.41) is 3.79. The molecule has 1 aliphatic heterocycles. The monoisotopic (exact) mass is 359 g/mol. The average molecular weight is 359 g/mol. The van der Waals surface area contributed by atoms with Gasteiger partial charge in [0.2, 0.25) is 5.91 Å². The Bertz CT molecular complexity index is 655. The van der Waals surface area contributed by atoms with Gasteiger partial charge in [0.05, 0.1) is 0 Å². The van der Waals surface area contributed by atoms with Crippen LogP contribution < -0.4 is 16.0 Å². The van der Waals surface area contributed by atoms with Crippen molar-refractivity contribution < 1.29 is 14.3 Å². The molecule has 3 rings (SSSR count). The van der Waals surface area contributed by atoms with Crippen molar-refractivity contribution in [1.29, 1.82) is 0 Å². The summed E-state index contributed by atoms with van der Waals surface area (Å²) in [5.74, 6) is 0.174. The van der Waals surface area contributed by atoms with Crippen LogP contribution in [0.4, 0.5) is 10.5 Å². The van der Waals surface area contributed by atoms with Crippen molar-refractivity contribution in [2.45, 2.75) is 76.6 Å². The van der Waals surface area contributed by atoms with Crippen LogP contribution in [0.15, 0.2) is 24.3 Å². The number of carbonyl (C=O) groups excluding carboxylic acids is 2. The number of nitrogens with one attached hydrogen (secondary N) is 1. The molecule has 142 valence electrons. The van der Waals surface area contributed by atoms with Gasteiger partial charge in [0.1, 0.15) is 6.10 Å². The van der Waals surface area contributed by atoms with Gasteiger partial charge in [0.15, 0.2) is 0 Å². The lowest BCUT2D eigenvalue weighted by Crippen LogP contribution is -2.47. The number of carbonyl (C=O) groups is 2. The van der Waals surface area contributed by atoms with Crippen LogP contribution in [-0.4, -0.2) is 30.2 Å². The summed E-state index contributed by atoms with van der Waals surface area (Å²) in [6.07, 6.45) is 4.28. The minimum atomic E-state index is -0.683. The summed E-state index contributed by atoms with van der Waals surface area (Å²) in [6.45, 7) is 4.03. The number of nitrogens with two attached hydrogens (primary N) is 1. The number of ether oxygens (including phenoxy) is 1. The third kappa shape index (κ3) is 4.01. The van der Waals surface area contributed by atoms with Gasteiger partial charge in [-0.15, -0.1) is 0 Å². The zero-order chi connectivity index (χ0) is 18.7. The minimum absolute atomic E-state index is 0.0548. The normalized spacial score (nSPS) is 28.3. The summed E-state index contributed by atoms with van der Waals surface area (Å²) in [7, 11) is 0. The second-order valence-corrected chi connectivity index (χ2v) is 7.39. The average Bonchev–Trinajstić information content (AvgIpc) is 2.62. The highest BCUT2D eigenvalue weighted by molar-refractivity contribution is 5.95. The van der Waals surface area contributed by atoms with Crippen molar-refractivity contribution in [3.8, 4) is 0 Å². The summed E-state index contributed by atoms with van der Waals surface area (Å²) >= 11 is 0. The lowest BCUT2D eigenvalue weighted by molar-refractivity contribution is -0.118. The zero-order valence-electron chi connectivity index (χ0n) is 15.6. The first-order valence-electron chi connectivity index (χ1n) is 9.62.